The van der Waals surface area contributed by atoms with Gasteiger partial charge in [0, 0.05) is 17.3 Å². The lowest BCUT2D eigenvalue weighted by Crippen LogP contribution is -2.14. The summed E-state index contributed by atoms with van der Waals surface area (Å²) in [4.78, 5) is 24.1. The second-order valence-electron chi connectivity index (χ2n) is 6.70. The van der Waals surface area contributed by atoms with Crippen LogP contribution in [0.2, 0.25) is 0 Å². The number of hydrogen-bond acceptors (Lipinski definition) is 5. The van der Waals surface area contributed by atoms with Crippen LogP contribution < -0.4 is 5.32 Å². The highest BCUT2D eigenvalue weighted by Gasteiger charge is 2.30. The maximum absolute atomic E-state index is 12.8. The lowest BCUT2D eigenvalue weighted by Gasteiger charge is -2.09. The van der Waals surface area contributed by atoms with Gasteiger partial charge < -0.3 is 14.5 Å². The molecule has 6 nitrogen and oxygen atoms in total. The van der Waals surface area contributed by atoms with Gasteiger partial charge >= 0.3 is 12.1 Å². The molecule has 0 aliphatic carbocycles. The molecule has 0 spiro atoms. The van der Waals surface area contributed by atoms with Crippen LogP contribution in [0.25, 0.3) is 17.4 Å². The van der Waals surface area contributed by atoms with Crippen molar-refractivity contribution in [2.45, 2.75) is 13.1 Å². The molecule has 0 bridgehead atoms. The molecule has 9 heteroatoms. The summed E-state index contributed by atoms with van der Waals surface area (Å²) in [7, 11) is 0. The Morgan fingerprint density at radius 3 is 2.48 bits per heavy atom. The minimum atomic E-state index is -4.56. The second-order valence-corrected chi connectivity index (χ2v) is 6.70. The third-order valence-corrected chi connectivity index (χ3v) is 4.41. The van der Waals surface area contributed by atoms with E-state index in [9.17, 15) is 28.0 Å². The van der Waals surface area contributed by atoms with Crippen LogP contribution in [0.15, 0.2) is 70.7 Å². The van der Waals surface area contributed by atoms with E-state index in [4.69, 9.17) is 9.15 Å². The first-order valence-corrected chi connectivity index (χ1v) is 9.69. The number of amides is 1. The van der Waals surface area contributed by atoms with E-state index in [1.165, 1.54) is 18.2 Å². The Balaban J connectivity index is 1.75. The zero-order chi connectivity index (χ0) is 24.0. The lowest BCUT2D eigenvalue weighted by molar-refractivity contribution is -0.137. The number of halogens is 3. The number of carbonyl (C=O) groups excluding carboxylic acids is 2. The number of benzene rings is 2. The first kappa shape index (κ1) is 23.3. The van der Waals surface area contributed by atoms with E-state index in [0.29, 0.717) is 16.9 Å². The van der Waals surface area contributed by atoms with Gasteiger partial charge in [-0.2, -0.15) is 18.4 Å². The van der Waals surface area contributed by atoms with Crippen molar-refractivity contribution in [1.29, 1.82) is 5.26 Å². The minimum absolute atomic E-state index is 0.0993. The van der Waals surface area contributed by atoms with Crippen LogP contribution in [0.5, 0.6) is 0 Å². The topological polar surface area (TPSA) is 92.3 Å². The average molecular weight is 454 g/mol. The van der Waals surface area contributed by atoms with Crippen LogP contribution in [0, 0.1) is 11.3 Å². The van der Waals surface area contributed by atoms with Crippen molar-refractivity contribution in [3.63, 3.8) is 0 Å². The fraction of sp³-hybridized carbons (Fsp3) is 0.125. The van der Waals surface area contributed by atoms with Crippen LogP contribution in [-0.2, 0) is 15.7 Å². The number of hydrogen-bond donors (Lipinski definition) is 1. The molecule has 1 N–H and O–H groups in total. The number of nitrogens with one attached hydrogen (secondary N) is 1. The summed E-state index contributed by atoms with van der Waals surface area (Å²) in [6.07, 6.45) is -3.38. The maximum Gasteiger partial charge on any atom is 0.416 e. The molecule has 3 rings (SSSR count). The molecular formula is C24H17F3N2O4. The molecule has 1 heterocycles. The summed E-state index contributed by atoms with van der Waals surface area (Å²) in [5.41, 5.74) is -0.351. The molecule has 2 aromatic carbocycles. The van der Waals surface area contributed by atoms with Gasteiger partial charge in [0.05, 0.1) is 17.7 Å². The van der Waals surface area contributed by atoms with Crippen LogP contribution in [0.1, 0.15) is 28.6 Å². The van der Waals surface area contributed by atoms with Crippen molar-refractivity contribution in [1.82, 2.24) is 0 Å². The van der Waals surface area contributed by atoms with Crippen LogP contribution in [0.4, 0.5) is 18.9 Å². The third-order valence-electron chi connectivity index (χ3n) is 4.41. The van der Waals surface area contributed by atoms with E-state index in [2.05, 4.69) is 5.32 Å². The number of ether oxygens (including phenoxy) is 1. The summed E-state index contributed by atoms with van der Waals surface area (Å²) < 4.78 is 49.1. The fourth-order valence-corrected chi connectivity index (χ4v) is 2.83. The standard InChI is InChI=1S/C24H17F3N2O4/c1-2-32-23(31)16-8-6-15(7-9-16)21-11-10-20(33-21)12-17(14-28)22(30)29-19-5-3-4-18(13-19)24(25,26)27/h3-13H,2H2,1H3,(H,29,30)/b17-12-. The Morgan fingerprint density at radius 1 is 1.12 bits per heavy atom. The van der Waals surface area contributed by atoms with Crippen molar-refractivity contribution < 1.29 is 31.9 Å². The van der Waals surface area contributed by atoms with Gasteiger partial charge in [0.2, 0.25) is 0 Å². The van der Waals surface area contributed by atoms with Gasteiger partial charge in [-0.3, -0.25) is 4.79 Å². The van der Waals surface area contributed by atoms with E-state index in [-0.39, 0.29) is 23.6 Å². The fourth-order valence-electron chi connectivity index (χ4n) is 2.83. The summed E-state index contributed by atoms with van der Waals surface area (Å²) in [5, 5.41) is 11.6. The average Bonchev–Trinajstić information content (AvgIpc) is 3.26. The Hall–Kier alpha value is -4.32. The number of furan rings is 1. The molecule has 0 radical (unpaired) electrons. The lowest BCUT2D eigenvalue weighted by atomic mass is 10.1. The first-order chi connectivity index (χ1) is 15.7. The predicted molar refractivity (Wildman–Crippen MR) is 114 cm³/mol. The van der Waals surface area contributed by atoms with E-state index in [1.54, 1.807) is 43.3 Å². The quantitative estimate of drug-likeness (QED) is 0.294. The maximum atomic E-state index is 12.8. The number of nitriles is 1. The van der Waals surface area contributed by atoms with E-state index >= 15 is 0 Å². The molecule has 0 saturated carbocycles. The Morgan fingerprint density at radius 2 is 1.85 bits per heavy atom. The number of rotatable bonds is 6. The Labute approximate surface area is 186 Å². The van der Waals surface area contributed by atoms with Crippen molar-refractivity contribution >= 4 is 23.6 Å². The monoisotopic (exact) mass is 454 g/mol. The number of anilines is 1. The van der Waals surface area contributed by atoms with Crippen molar-refractivity contribution in [3.05, 3.63) is 83.1 Å². The van der Waals surface area contributed by atoms with Gasteiger partial charge in [0.1, 0.15) is 23.2 Å². The predicted octanol–water partition coefficient (Wildman–Crippen LogP) is 5.69. The molecule has 0 saturated heterocycles. The van der Waals surface area contributed by atoms with Gasteiger partial charge in [-0.15, -0.1) is 0 Å². The molecule has 0 aliphatic rings. The highest BCUT2D eigenvalue weighted by Crippen LogP contribution is 2.31. The zero-order valence-corrected chi connectivity index (χ0v) is 17.3. The van der Waals surface area contributed by atoms with Crippen LogP contribution in [-0.4, -0.2) is 18.5 Å². The molecule has 0 unspecified atom stereocenters. The zero-order valence-electron chi connectivity index (χ0n) is 17.3. The molecule has 0 fully saturated rings. The molecule has 3 aromatic rings. The number of nitrogens with zero attached hydrogens (tertiary/aromatic N) is 1. The van der Waals surface area contributed by atoms with E-state index < -0.39 is 23.6 Å². The smallest absolute Gasteiger partial charge is 0.416 e. The first-order valence-electron chi connectivity index (χ1n) is 9.69. The van der Waals surface area contributed by atoms with Gasteiger partial charge in [0.15, 0.2) is 0 Å². The molecule has 1 aromatic heterocycles. The summed E-state index contributed by atoms with van der Waals surface area (Å²) in [6.45, 7) is 1.97. The highest BCUT2D eigenvalue weighted by molar-refractivity contribution is 6.09. The van der Waals surface area contributed by atoms with Gasteiger partial charge in [-0.1, -0.05) is 18.2 Å². The van der Waals surface area contributed by atoms with Gasteiger partial charge in [-0.25, -0.2) is 4.79 Å². The Bertz CT molecular complexity index is 1240. The van der Waals surface area contributed by atoms with Gasteiger partial charge in [0.25, 0.3) is 5.91 Å². The van der Waals surface area contributed by atoms with E-state index in [1.807, 2.05) is 0 Å². The molecule has 0 aliphatic heterocycles. The summed E-state index contributed by atoms with van der Waals surface area (Å²) >= 11 is 0. The summed E-state index contributed by atoms with van der Waals surface area (Å²) in [6, 6.07) is 15.4. The third kappa shape index (κ3) is 5.89. The number of carbonyl (C=O) groups is 2. The SMILES string of the molecule is CCOC(=O)c1ccc(-c2ccc(/C=C(/C#N)C(=O)Nc3cccc(C(F)(F)F)c3)o2)cc1. The Kier molecular flexibility index (Phi) is 6.98. The van der Waals surface area contributed by atoms with Crippen molar-refractivity contribution in [2.75, 3.05) is 11.9 Å². The van der Waals surface area contributed by atoms with Crippen molar-refractivity contribution in [2.24, 2.45) is 0 Å². The largest absolute Gasteiger partial charge is 0.462 e. The molecule has 1 amide bonds. The molecular weight excluding hydrogens is 437 g/mol. The molecule has 168 valence electrons. The normalized spacial score (nSPS) is 11.5. The van der Waals surface area contributed by atoms with Crippen LogP contribution in [0.3, 0.4) is 0 Å². The minimum Gasteiger partial charge on any atom is -0.462 e. The number of alkyl halides is 3. The van der Waals surface area contributed by atoms with E-state index in [0.717, 1.165) is 18.2 Å². The van der Waals surface area contributed by atoms with Crippen LogP contribution >= 0.6 is 0 Å². The van der Waals surface area contributed by atoms with Crippen molar-refractivity contribution in [3.8, 4) is 17.4 Å². The van der Waals surface area contributed by atoms with Gasteiger partial charge in [-0.05, 0) is 49.4 Å². The highest BCUT2D eigenvalue weighted by atomic mass is 19.4. The molecule has 0 atom stereocenters. The summed E-state index contributed by atoms with van der Waals surface area (Å²) in [5.74, 6) is -0.714. The molecule has 33 heavy (non-hydrogen) atoms. The second kappa shape index (κ2) is 9.87. The number of esters is 1.